The summed E-state index contributed by atoms with van der Waals surface area (Å²) in [5.74, 6) is -2.10. The number of aliphatic hydroxyl groups excluding tert-OH is 1. The van der Waals surface area contributed by atoms with Gasteiger partial charge in [0.25, 0.3) is 0 Å². The Hall–Kier alpha value is -1.36. The lowest BCUT2D eigenvalue weighted by molar-refractivity contribution is -0.150. The number of aliphatic hydroxyl groups is 1. The van der Waals surface area contributed by atoms with Crippen LogP contribution in [-0.2, 0) is 9.59 Å². The van der Waals surface area contributed by atoms with Gasteiger partial charge in [-0.15, -0.1) is 0 Å². The maximum Gasteiger partial charge on any atom is 0.353 e. The molecule has 0 spiro atoms. The Bertz CT molecular complexity index is 237. The van der Waals surface area contributed by atoms with Gasteiger partial charge in [0.15, 0.2) is 0 Å². The van der Waals surface area contributed by atoms with Gasteiger partial charge in [0.2, 0.25) is 12.1 Å². The van der Waals surface area contributed by atoms with Crippen molar-refractivity contribution >= 4 is 11.9 Å². The minimum Gasteiger partial charge on any atom is -0.478 e. The number of carbonyl (C=O) groups is 2. The minimum absolute atomic E-state index is 0.284. The smallest absolute Gasteiger partial charge is 0.353 e. The number of hydrogen-bond donors (Lipinski definition) is 3. The first-order valence-electron chi connectivity index (χ1n) is 4.38. The molecule has 0 aliphatic heterocycles. The topological polar surface area (TPSA) is 86.6 Å². The maximum absolute atomic E-state index is 11.1. The average Bonchev–Trinajstić information content (AvgIpc) is 2.13. The molecule has 14 heavy (non-hydrogen) atoms. The highest BCUT2D eigenvalue weighted by atomic mass is 16.4. The van der Waals surface area contributed by atoms with Crippen molar-refractivity contribution in [2.24, 2.45) is 0 Å². The van der Waals surface area contributed by atoms with Gasteiger partial charge in [-0.25, -0.2) is 4.79 Å². The molecule has 1 amide bonds. The summed E-state index contributed by atoms with van der Waals surface area (Å²) in [6.07, 6.45) is 0.388. The number of carboxylic acids is 1. The molecule has 0 heterocycles. The number of carbonyl (C=O) groups excluding carboxylic acids is 1. The second kappa shape index (κ2) is 6.15. The van der Waals surface area contributed by atoms with Crippen LogP contribution in [0.5, 0.6) is 0 Å². The van der Waals surface area contributed by atoms with Crippen LogP contribution in [0.1, 0.15) is 26.2 Å². The first kappa shape index (κ1) is 12.6. The second-order valence-electron chi connectivity index (χ2n) is 2.92. The standard InChI is InChI=1S/C9H15NO4/c1-3-4-5-6(2)7(11)10-8(12)9(13)14/h8,12H,2-5H2,1H3,(H,10,11)(H,13,14). The van der Waals surface area contributed by atoms with Crippen molar-refractivity contribution < 1.29 is 19.8 Å². The summed E-state index contributed by atoms with van der Waals surface area (Å²) in [6.45, 7) is 5.46. The lowest BCUT2D eigenvalue weighted by atomic mass is 10.1. The molecule has 80 valence electrons. The molecule has 0 saturated carbocycles. The first-order valence-corrected chi connectivity index (χ1v) is 4.38. The maximum atomic E-state index is 11.1. The van der Waals surface area contributed by atoms with E-state index in [-0.39, 0.29) is 5.57 Å². The Morgan fingerprint density at radius 1 is 1.50 bits per heavy atom. The fourth-order valence-corrected chi connectivity index (χ4v) is 0.792. The molecule has 0 aromatic rings. The summed E-state index contributed by atoms with van der Waals surface area (Å²) in [4.78, 5) is 21.3. The summed E-state index contributed by atoms with van der Waals surface area (Å²) < 4.78 is 0. The number of hydrogen-bond acceptors (Lipinski definition) is 3. The van der Waals surface area contributed by atoms with Crippen LogP contribution in [0.25, 0.3) is 0 Å². The fraction of sp³-hybridized carbons (Fsp3) is 0.556. The molecule has 0 fully saturated rings. The van der Waals surface area contributed by atoms with E-state index in [0.29, 0.717) is 6.42 Å². The Balaban J connectivity index is 3.95. The van der Waals surface area contributed by atoms with E-state index in [9.17, 15) is 9.59 Å². The van der Waals surface area contributed by atoms with Crippen molar-refractivity contribution in [2.75, 3.05) is 0 Å². The summed E-state index contributed by atoms with van der Waals surface area (Å²) in [7, 11) is 0. The number of unbranched alkanes of at least 4 members (excludes halogenated alkanes) is 1. The molecular weight excluding hydrogens is 186 g/mol. The number of carboxylic acid groups (broad SMARTS) is 1. The Morgan fingerprint density at radius 2 is 2.07 bits per heavy atom. The van der Waals surface area contributed by atoms with Crippen molar-refractivity contribution in [3.05, 3.63) is 12.2 Å². The molecule has 0 saturated heterocycles. The monoisotopic (exact) mass is 201 g/mol. The summed E-state index contributed by atoms with van der Waals surface area (Å²) in [6, 6.07) is 0. The van der Waals surface area contributed by atoms with Gasteiger partial charge in [0.1, 0.15) is 0 Å². The first-order chi connectivity index (χ1) is 6.49. The van der Waals surface area contributed by atoms with E-state index in [1.54, 1.807) is 0 Å². The summed E-state index contributed by atoms with van der Waals surface area (Å²) in [5.41, 5.74) is 0.284. The highest BCUT2D eigenvalue weighted by molar-refractivity contribution is 5.94. The molecule has 3 N–H and O–H groups in total. The zero-order valence-corrected chi connectivity index (χ0v) is 8.12. The van der Waals surface area contributed by atoms with E-state index in [1.807, 2.05) is 12.2 Å². The molecule has 0 aromatic carbocycles. The van der Waals surface area contributed by atoms with Gasteiger partial charge in [-0.2, -0.15) is 0 Å². The average molecular weight is 201 g/mol. The van der Waals surface area contributed by atoms with Crippen LogP contribution >= 0.6 is 0 Å². The van der Waals surface area contributed by atoms with Crippen molar-refractivity contribution in [1.82, 2.24) is 5.32 Å². The SMILES string of the molecule is C=C(CCCC)C(=O)NC(O)C(=O)O. The molecule has 5 nitrogen and oxygen atoms in total. The van der Waals surface area contributed by atoms with E-state index in [2.05, 4.69) is 6.58 Å². The van der Waals surface area contributed by atoms with Crippen LogP contribution in [0.2, 0.25) is 0 Å². The van der Waals surface area contributed by atoms with Gasteiger partial charge >= 0.3 is 5.97 Å². The van der Waals surface area contributed by atoms with Gasteiger partial charge in [-0.1, -0.05) is 19.9 Å². The summed E-state index contributed by atoms with van der Waals surface area (Å²) >= 11 is 0. The number of rotatable bonds is 6. The molecule has 0 aromatic heterocycles. The minimum atomic E-state index is -1.86. The third kappa shape index (κ3) is 4.61. The van der Waals surface area contributed by atoms with E-state index < -0.39 is 18.1 Å². The van der Waals surface area contributed by atoms with Gasteiger partial charge in [0, 0.05) is 5.57 Å². The highest BCUT2D eigenvalue weighted by Crippen LogP contribution is 2.04. The zero-order valence-electron chi connectivity index (χ0n) is 8.12. The molecule has 1 atom stereocenters. The third-order valence-electron chi connectivity index (χ3n) is 1.65. The van der Waals surface area contributed by atoms with Crippen LogP contribution in [0, 0.1) is 0 Å². The molecule has 0 aliphatic rings. The third-order valence-corrected chi connectivity index (χ3v) is 1.65. The predicted octanol–water partition coefficient (Wildman–Crippen LogP) is 0.252. The fourth-order valence-electron chi connectivity index (χ4n) is 0.792. The Morgan fingerprint density at radius 3 is 2.50 bits per heavy atom. The number of nitrogens with one attached hydrogen (secondary N) is 1. The molecular formula is C9H15NO4. The molecule has 0 radical (unpaired) electrons. The molecule has 0 aliphatic carbocycles. The largest absolute Gasteiger partial charge is 0.478 e. The van der Waals surface area contributed by atoms with Crippen molar-refractivity contribution in [1.29, 1.82) is 0 Å². The van der Waals surface area contributed by atoms with Crippen LogP contribution in [0.15, 0.2) is 12.2 Å². The molecule has 1 unspecified atom stereocenters. The quantitative estimate of drug-likeness (QED) is 0.424. The van der Waals surface area contributed by atoms with Crippen LogP contribution < -0.4 is 5.32 Å². The Kier molecular flexibility index (Phi) is 5.55. The molecule has 5 heteroatoms. The van der Waals surface area contributed by atoms with Crippen LogP contribution in [-0.4, -0.2) is 28.3 Å². The van der Waals surface area contributed by atoms with E-state index in [1.165, 1.54) is 0 Å². The number of aliphatic carboxylic acids is 1. The van der Waals surface area contributed by atoms with Gasteiger partial charge in [0.05, 0.1) is 0 Å². The predicted molar refractivity (Wildman–Crippen MR) is 50.5 cm³/mol. The van der Waals surface area contributed by atoms with Crippen LogP contribution in [0.4, 0.5) is 0 Å². The zero-order chi connectivity index (χ0) is 11.1. The van der Waals surface area contributed by atoms with Crippen LogP contribution in [0.3, 0.4) is 0 Å². The second-order valence-corrected chi connectivity index (χ2v) is 2.92. The molecule has 0 bridgehead atoms. The van der Waals surface area contributed by atoms with Gasteiger partial charge in [-0.05, 0) is 12.8 Å². The van der Waals surface area contributed by atoms with E-state index >= 15 is 0 Å². The van der Waals surface area contributed by atoms with Gasteiger partial charge < -0.3 is 15.5 Å². The highest BCUT2D eigenvalue weighted by Gasteiger charge is 2.17. The lowest BCUT2D eigenvalue weighted by Gasteiger charge is -2.09. The number of amides is 1. The Labute approximate surface area is 82.4 Å². The van der Waals surface area contributed by atoms with Gasteiger partial charge in [-0.3, -0.25) is 4.79 Å². The van der Waals surface area contributed by atoms with Crippen molar-refractivity contribution in [3.63, 3.8) is 0 Å². The van der Waals surface area contributed by atoms with Crippen molar-refractivity contribution in [3.8, 4) is 0 Å². The van der Waals surface area contributed by atoms with E-state index in [4.69, 9.17) is 10.2 Å². The van der Waals surface area contributed by atoms with E-state index in [0.717, 1.165) is 12.8 Å². The normalized spacial score (nSPS) is 11.9. The summed E-state index contributed by atoms with van der Waals surface area (Å²) in [5, 5.41) is 19.0. The lowest BCUT2D eigenvalue weighted by Crippen LogP contribution is -2.41. The molecule has 0 rings (SSSR count). The van der Waals surface area contributed by atoms with Crippen molar-refractivity contribution in [2.45, 2.75) is 32.4 Å².